The molecule has 0 saturated carbocycles. The van der Waals surface area contributed by atoms with Crippen molar-refractivity contribution >= 4 is 11.6 Å². The summed E-state index contributed by atoms with van der Waals surface area (Å²) in [6.07, 6.45) is 3.92. The summed E-state index contributed by atoms with van der Waals surface area (Å²) in [4.78, 5) is 0. The van der Waals surface area contributed by atoms with E-state index in [1.165, 1.54) is 11.1 Å². The minimum atomic E-state index is 0.760. The molecule has 0 aliphatic heterocycles. The van der Waals surface area contributed by atoms with Crippen molar-refractivity contribution in [1.29, 1.82) is 0 Å². The Hall–Kier alpha value is -2.06. The highest BCUT2D eigenvalue weighted by Crippen LogP contribution is 2.24. The molecule has 1 aromatic heterocycles. The molecule has 0 atom stereocenters. The van der Waals surface area contributed by atoms with Gasteiger partial charge in [-0.25, -0.2) is 4.68 Å². The molecule has 20 heavy (non-hydrogen) atoms. The summed E-state index contributed by atoms with van der Waals surface area (Å²) in [5.74, 6) is 0. The number of rotatable bonds is 2. The van der Waals surface area contributed by atoms with Gasteiger partial charge in [0.25, 0.3) is 0 Å². The summed E-state index contributed by atoms with van der Waals surface area (Å²) in [5, 5.41) is 5.19. The lowest BCUT2D eigenvalue weighted by atomic mass is 10.0. The fourth-order valence-corrected chi connectivity index (χ4v) is 2.40. The molecule has 0 amide bonds. The molecule has 0 saturated heterocycles. The lowest BCUT2D eigenvalue weighted by molar-refractivity contribution is 0.880. The highest BCUT2D eigenvalue weighted by molar-refractivity contribution is 6.31. The average molecular weight is 283 g/mol. The van der Waals surface area contributed by atoms with E-state index in [1.807, 2.05) is 54.3 Å². The Morgan fingerprint density at radius 3 is 2.55 bits per heavy atom. The van der Waals surface area contributed by atoms with Gasteiger partial charge in [-0.1, -0.05) is 41.9 Å². The molecule has 0 bridgehead atoms. The van der Waals surface area contributed by atoms with Gasteiger partial charge < -0.3 is 0 Å². The van der Waals surface area contributed by atoms with Gasteiger partial charge in [0.2, 0.25) is 0 Å². The Morgan fingerprint density at radius 1 is 1.00 bits per heavy atom. The monoisotopic (exact) mass is 282 g/mol. The van der Waals surface area contributed by atoms with Crippen LogP contribution in [0.5, 0.6) is 0 Å². The molecule has 0 unspecified atom stereocenters. The molecule has 2 nitrogen and oxygen atoms in total. The van der Waals surface area contributed by atoms with Gasteiger partial charge in [-0.15, -0.1) is 0 Å². The second-order valence-corrected chi connectivity index (χ2v) is 5.33. The van der Waals surface area contributed by atoms with E-state index in [-0.39, 0.29) is 0 Å². The predicted octanol–water partition coefficient (Wildman–Crippen LogP) is 4.81. The molecule has 3 aromatic rings. The maximum absolute atomic E-state index is 6.17. The lowest BCUT2D eigenvalue weighted by Gasteiger charge is -2.04. The van der Waals surface area contributed by atoms with E-state index in [9.17, 15) is 0 Å². The number of nitrogens with zero attached hydrogens (tertiary/aromatic N) is 2. The number of benzene rings is 2. The van der Waals surface area contributed by atoms with E-state index in [0.717, 1.165) is 21.8 Å². The molecule has 100 valence electrons. The minimum Gasteiger partial charge on any atom is -0.240 e. The van der Waals surface area contributed by atoms with E-state index < -0.39 is 0 Å². The average Bonchev–Trinajstić information content (AvgIpc) is 2.92. The van der Waals surface area contributed by atoms with E-state index in [0.29, 0.717) is 0 Å². The van der Waals surface area contributed by atoms with Crippen LogP contribution in [0.2, 0.25) is 5.02 Å². The van der Waals surface area contributed by atoms with Gasteiger partial charge in [-0.2, -0.15) is 5.10 Å². The molecule has 3 rings (SSSR count). The van der Waals surface area contributed by atoms with Crippen molar-refractivity contribution in [2.75, 3.05) is 0 Å². The van der Waals surface area contributed by atoms with Crippen molar-refractivity contribution in [2.45, 2.75) is 13.8 Å². The van der Waals surface area contributed by atoms with Gasteiger partial charge in [0.1, 0.15) is 0 Å². The van der Waals surface area contributed by atoms with E-state index in [1.54, 1.807) is 0 Å². The molecular weight excluding hydrogens is 268 g/mol. The quantitative estimate of drug-likeness (QED) is 0.659. The number of aryl methyl sites for hydroxylation is 2. The molecule has 0 fully saturated rings. The highest BCUT2D eigenvalue weighted by atomic mass is 35.5. The largest absolute Gasteiger partial charge is 0.240 e. The zero-order valence-electron chi connectivity index (χ0n) is 11.5. The molecular formula is C17H15ClN2. The van der Waals surface area contributed by atoms with Crippen molar-refractivity contribution in [3.63, 3.8) is 0 Å². The first-order valence-corrected chi connectivity index (χ1v) is 6.90. The SMILES string of the molecule is Cc1ccc(-n2cc(-c3ccccc3C)cn2)cc1Cl. The standard InChI is InChI=1S/C17H15ClN2/c1-12-5-3-4-6-16(12)14-10-19-20(11-14)15-8-7-13(2)17(18)9-15/h3-11H,1-2H3. The molecule has 0 aliphatic rings. The smallest absolute Gasteiger partial charge is 0.0660 e. The van der Waals surface area contributed by atoms with Crippen LogP contribution in [0, 0.1) is 13.8 Å². The molecule has 0 aliphatic carbocycles. The minimum absolute atomic E-state index is 0.760. The fourth-order valence-electron chi connectivity index (χ4n) is 2.22. The molecule has 0 radical (unpaired) electrons. The Morgan fingerprint density at radius 2 is 1.80 bits per heavy atom. The van der Waals surface area contributed by atoms with Gasteiger partial charge in [-0.3, -0.25) is 0 Å². The van der Waals surface area contributed by atoms with Crippen LogP contribution in [0.15, 0.2) is 54.9 Å². The normalized spacial score (nSPS) is 10.8. The van der Waals surface area contributed by atoms with Crippen molar-refractivity contribution in [1.82, 2.24) is 9.78 Å². The molecule has 0 spiro atoms. The first-order valence-electron chi connectivity index (χ1n) is 6.52. The molecule has 3 heteroatoms. The first-order chi connectivity index (χ1) is 9.65. The fraction of sp³-hybridized carbons (Fsp3) is 0.118. The van der Waals surface area contributed by atoms with Crippen LogP contribution in [0.3, 0.4) is 0 Å². The number of aromatic nitrogens is 2. The Labute approximate surface area is 123 Å². The van der Waals surface area contributed by atoms with E-state index in [2.05, 4.69) is 24.2 Å². The maximum atomic E-state index is 6.17. The van der Waals surface area contributed by atoms with Crippen LogP contribution >= 0.6 is 11.6 Å². The van der Waals surface area contributed by atoms with Crippen molar-refractivity contribution in [3.05, 3.63) is 71.0 Å². The van der Waals surface area contributed by atoms with Crippen LogP contribution in [-0.4, -0.2) is 9.78 Å². The van der Waals surface area contributed by atoms with Crippen LogP contribution in [0.25, 0.3) is 16.8 Å². The van der Waals surface area contributed by atoms with Gasteiger partial charge in [0, 0.05) is 16.8 Å². The second kappa shape index (κ2) is 5.14. The summed E-state index contributed by atoms with van der Waals surface area (Å²) in [7, 11) is 0. The lowest BCUT2D eigenvalue weighted by Crippen LogP contribution is -1.94. The number of halogens is 1. The van der Waals surface area contributed by atoms with Crippen LogP contribution in [0.1, 0.15) is 11.1 Å². The predicted molar refractivity (Wildman–Crippen MR) is 83.5 cm³/mol. The van der Waals surface area contributed by atoms with Gasteiger partial charge in [-0.05, 0) is 42.7 Å². The second-order valence-electron chi connectivity index (χ2n) is 4.92. The first kappa shape index (κ1) is 12.9. The van der Waals surface area contributed by atoms with Gasteiger partial charge in [0.05, 0.1) is 11.9 Å². The Bertz CT molecular complexity index is 759. The summed E-state index contributed by atoms with van der Waals surface area (Å²) in [6.45, 7) is 4.10. The third kappa shape index (κ3) is 2.35. The van der Waals surface area contributed by atoms with Gasteiger partial charge >= 0.3 is 0 Å². The zero-order valence-corrected chi connectivity index (χ0v) is 12.2. The van der Waals surface area contributed by atoms with Crippen LogP contribution in [0.4, 0.5) is 0 Å². The van der Waals surface area contributed by atoms with E-state index in [4.69, 9.17) is 11.6 Å². The molecule has 2 aromatic carbocycles. The zero-order chi connectivity index (χ0) is 14.1. The Kier molecular flexibility index (Phi) is 3.33. The van der Waals surface area contributed by atoms with Gasteiger partial charge in [0.15, 0.2) is 0 Å². The van der Waals surface area contributed by atoms with Crippen molar-refractivity contribution in [3.8, 4) is 16.8 Å². The highest BCUT2D eigenvalue weighted by Gasteiger charge is 2.06. The topological polar surface area (TPSA) is 17.8 Å². The Balaban J connectivity index is 2.02. The summed E-state index contributed by atoms with van der Waals surface area (Å²) < 4.78 is 1.85. The van der Waals surface area contributed by atoms with Crippen LogP contribution in [-0.2, 0) is 0 Å². The summed E-state index contributed by atoms with van der Waals surface area (Å²) >= 11 is 6.17. The summed E-state index contributed by atoms with van der Waals surface area (Å²) in [5.41, 5.74) is 5.60. The van der Waals surface area contributed by atoms with Crippen molar-refractivity contribution < 1.29 is 0 Å². The maximum Gasteiger partial charge on any atom is 0.0660 e. The third-order valence-electron chi connectivity index (χ3n) is 3.46. The molecule has 1 heterocycles. The molecule has 0 N–H and O–H groups in total. The summed E-state index contributed by atoms with van der Waals surface area (Å²) in [6, 6.07) is 14.3. The van der Waals surface area contributed by atoms with Crippen molar-refractivity contribution in [2.24, 2.45) is 0 Å². The third-order valence-corrected chi connectivity index (χ3v) is 3.87. The van der Waals surface area contributed by atoms with Crippen LogP contribution < -0.4 is 0 Å². The number of hydrogen-bond donors (Lipinski definition) is 0. The number of hydrogen-bond acceptors (Lipinski definition) is 1. The van der Waals surface area contributed by atoms with E-state index >= 15 is 0 Å².